The van der Waals surface area contributed by atoms with Gasteiger partial charge in [-0.2, -0.15) is 0 Å². The van der Waals surface area contributed by atoms with Crippen molar-refractivity contribution in [1.29, 1.82) is 0 Å². The van der Waals surface area contributed by atoms with Crippen LogP contribution in [-0.4, -0.2) is 47.9 Å². The van der Waals surface area contributed by atoms with Gasteiger partial charge in [0, 0.05) is 42.3 Å². The van der Waals surface area contributed by atoms with Gasteiger partial charge in [0.2, 0.25) is 5.91 Å². The van der Waals surface area contributed by atoms with Gasteiger partial charge in [-0.3, -0.25) is 14.9 Å². The van der Waals surface area contributed by atoms with Crippen molar-refractivity contribution >= 4 is 34.0 Å². The Labute approximate surface area is 198 Å². The Morgan fingerprint density at radius 2 is 1.73 bits per heavy atom. The van der Waals surface area contributed by atoms with E-state index in [1.165, 1.54) is 17.0 Å². The second kappa shape index (κ2) is 9.35. The smallest absolute Gasteiger partial charge is 0.257 e. The highest BCUT2D eigenvalue weighted by Crippen LogP contribution is 2.38. The third kappa shape index (κ3) is 4.64. The summed E-state index contributed by atoms with van der Waals surface area (Å²) >= 11 is 1.50. The molecule has 2 aromatic carbocycles. The van der Waals surface area contributed by atoms with Crippen molar-refractivity contribution in [2.75, 3.05) is 36.4 Å². The molecule has 0 saturated carbocycles. The number of amides is 2. The van der Waals surface area contributed by atoms with E-state index in [0.717, 1.165) is 61.6 Å². The molecule has 2 amide bonds. The summed E-state index contributed by atoms with van der Waals surface area (Å²) < 4.78 is 0. The standard InChI is InChI=1S/C26H28N4O2S/c1-18-10-12-19(13-11-18)24(31)28-26-27-23-21(8-5-9-22(23)33-26)25(32)30-16-14-29(15-17-30)20-6-3-2-4-7-20/h2-4,6-7,10-13,21H,5,8-9,14-17H2,1H3,(H,27,28,31). The zero-order valence-electron chi connectivity index (χ0n) is 18.8. The van der Waals surface area contributed by atoms with Gasteiger partial charge in [-0.1, -0.05) is 35.9 Å². The third-order valence-electron chi connectivity index (χ3n) is 6.50. The van der Waals surface area contributed by atoms with E-state index in [2.05, 4.69) is 22.3 Å². The predicted molar refractivity (Wildman–Crippen MR) is 132 cm³/mol. The van der Waals surface area contributed by atoms with Crippen molar-refractivity contribution in [2.24, 2.45) is 0 Å². The van der Waals surface area contributed by atoms with Gasteiger partial charge in [0.25, 0.3) is 5.91 Å². The second-order valence-electron chi connectivity index (χ2n) is 8.74. The number of carbonyl (C=O) groups is 2. The molecule has 1 saturated heterocycles. The summed E-state index contributed by atoms with van der Waals surface area (Å²) in [6.45, 7) is 5.12. The highest BCUT2D eigenvalue weighted by atomic mass is 32.1. The molecule has 1 aromatic heterocycles. The number of hydrogen-bond donors (Lipinski definition) is 1. The van der Waals surface area contributed by atoms with Gasteiger partial charge in [-0.05, 0) is 50.5 Å². The predicted octanol–water partition coefficient (Wildman–Crippen LogP) is 4.47. The molecule has 170 valence electrons. The summed E-state index contributed by atoms with van der Waals surface area (Å²) in [5.41, 5.74) is 3.79. The normalized spacial score (nSPS) is 18.0. The fraction of sp³-hybridized carbons (Fsp3) is 0.346. The number of hydrogen-bond acceptors (Lipinski definition) is 5. The van der Waals surface area contributed by atoms with Crippen LogP contribution in [0.3, 0.4) is 0 Å². The summed E-state index contributed by atoms with van der Waals surface area (Å²) in [6, 6.07) is 17.8. The maximum Gasteiger partial charge on any atom is 0.257 e. The lowest BCUT2D eigenvalue weighted by molar-refractivity contribution is -0.133. The van der Waals surface area contributed by atoms with Crippen LogP contribution in [0, 0.1) is 6.92 Å². The Hall–Kier alpha value is -3.19. The van der Waals surface area contributed by atoms with Gasteiger partial charge >= 0.3 is 0 Å². The van der Waals surface area contributed by atoms with E-state index in [4.69, 9.17) is 4.98 Å². The van der Waals surface area contributed by atoms with Crippen LogP contribution in [-0.2, 0) is 11.2 Å². The number of aromatic nitrogens is 1. The topological polar surface area (TPSA) is 65.5 Å². The van der Waals surface area contributed by atoms with E-state index >= 15 is 0 Å². The highest BCUT2D eigenvalue weighted by molar-refractivity contribution is 7.16. The summed E-state index contributed by atoms with van der Waals surface area (Å²) in [6.07, 6.45) is 2.71. The Kier molecular flexibility index (Phi) is 6.13. The van der Waals surface area contributed by atoms with Crippen LogP contribution < -0.4 is 10.2 Å². The number of para-hydroxylation sites is 1. The van der Waals surface area contributed by atoms with Crippen molar-refractivity contribution < 1.29 is 9.59 Å². The molecule has 5 rings (SSSR count). The lowest BCUT2D eigenvalue weighted by Gasteiger charge is -2.38. The van der Waals surface area contributed by atoms with E-state index in [9.17, 15) is 9.59 Å². The highest BCUT2D eigenvalue weighted by Gasteiger charge is 2.34. The summed E-state index contributed by atoms with van der Waals surface area (Å²) in [4.78, 5) is 36.2. The minimum atomic E-state index is -0.210. The number of rotatable bonds is 4. The quantitative estimate of drug-likeness (QED) is 0.624. The number of nitrogens with zero attached hydrogens (tertiary/aromatic N) is 3. The van der Waals surface area contributed by atoms with Gasteiger partial charge in [-0.15, -0.1) is 11.3 Å². The molecule has 2 aliphatic rings. The molecule has 0 spiro atoms. The molecule has 3 aromatic rings. The number of aryl methyl sites for hydroxylation is 2. The molecule has 1 aliphatic carbocycles. The number of nitrogens with one attached hydrogen (secondary N) is 1. The SMILES string of the molecule is Cc1ccc(C(=O)Nc2nc3c(s2)CCCC3C(=O)N2CCN(c3ccccc3)CC2)cc1. The number of piperazine rings is 1. The minimum absolute atomic E-state index is 0.166. The lowest BCUT2D eigenvalue weighted by atomic mass is 9.89. The molecule has 1 N–H and O–H groups in total. The van der Waals surface area contributed by atoms with Crippen molar-refractivity contribution in [2.45, 2.75) is 32.1 Å². The Bertz CT molecular complexity index is 1130. The van der Waals surface area contributed by atoms with Crippen molar-refractivity contribution in [1.82, 2.24) is 9.88 Å². The monoisotopic (exact) mass is 460 g/mol. The fourth-order valence-corrected chi connectivity index (χ4v) is 5.69. The fourth-order valence-electron chi connectivity index (χ4n) is 4.63. The van der Waals surface area contributed by atoms with Crippen molar-refractivity contribution in [3.63, 3.8) is 0 Å². The first-order chi connectivity index (χ1) is 16.1. The van der Waals surface area contributed by atoms with Crippen LogP contribution in [0.25, 0.3) is 0 Å². The van der Waals surface area contributed by atoms with E-state index in [1.54, 1.807) is 0 Å². The first-order valence-corrected chi connectivity index (χ1v) is 12.4. The van der Waals surface area contributed by atoms with Gasteiger partial charge in [0.1, 0.15) is 0 Å². The average molecular weight is 461 g/mol. The zero-order valence-corrected chi connectivity index (χ0v) is 19.6. The molecule has 0 bridgehead atoms. The molecule has 6 nitrogen and oxygen atoms in total. The average Bonchev–Trinajstić information content (AvgIpc) is 3.27. The van der Waals surface area contributed by atoms with E-state index < -0.39 is 0 Å². The second-order valence-corrected chi connectivity index (χ2v) is 9.82. The molecular formula is C26H28N4O2S. The van der Waals surface area contributed by atoms with Crippen LogP contribution in [0.2, 0.25) is 0 Å². The first-order valence-electron chi connectivity index (χ1n) is 11.5. The van der Waals surface area contributed by atoms with Gasteiger partial charge in [0.05, 0.1) is 11.6 Å². The van der Waals surface area contributed by atoms with Crippen LogP contribution in [0.1, 0.15) is 45.3 Å². The Morgan fingerprint density at radius 3 is 2.45 bits per heavy atom. The summed E-state index contributed by atoms with van der Waals surface area (Å²) in [5.74, 6) is -0.204. The van der Waals surface area contributed by atoms with Crippen LogP contribution in [0.5, 0.6) is 0 Å². The maximum atomic E-state index is 13.4. The van der Waals surface area contributed by atoms with E-state index in [1.807, 2.05) is 54.3 Å². The maximum absolute atomic E-state index is 13.4. The summed E-state index contributed by atoms with van der Waals surface area (Å²) in [5, 5.41) is 3.52. The Morgan fingerprint density at radius 1 is 1.00 bits per heavy atom. The molecule has 1 fully saturated rings. The number of thiazole rings is 1. The minimum Gasteiger partial charge on any atom is -0.368 e. The largest absolute Gasteiger partial charge is 0.368 e. The van der Waals surface area contributed by atoms with Crippen LogP contribution in [0.15, 0.2) is 54.6 Å². The molecule has 2 heterocycles. The number of carbonyl (C=O) groups excluding carboxylic acids is 2. The van der Waals surface area contributed by atoms with Gasteiger partial charge < -0.3 is 9.80 Å². The van der Waals surface area contributed by atoms with Crippen molar-refractivity contribution in [3.05, 3.63) is 76.3 Å². The Balaban J connectivity index is 1.26. The molecule has 1 atom stereocenters. The lowest BCUT2D eigenvalue weighted by Crippen LogP contribution is -2.50. The molecule has 1 aliphatic heterocycles. The van der Waals surface area contributed by atoms with Crippen LogP contribution in [0.4, 0.5) is 10.8 Å². The number of benzene rings is 2. The van der Waals surface area contributed by atoms with Crippen LogP contribution >= 0.6 is 11.3 Å². The van der Waals surface area contributed by atoms with Crippen molar-refractivity contribution in [3.8, 4) is 0 Å². The summed E-state index contributed by atoms with van der Waals surface area (Å²) in [7, 11) is 0. The molecular weight excluding hydrogens is 432 g/mol. The number of fused-ring (bicyclic) bond motifs is 1. The van der Waals surface area contributed by atoms with E-state index in [0.29, 0.717) is 10.7 Å². The third-order valence-corrected chi connectivity index (χ3v) is 7.55. The molecule has 33 heavy (non-hydrogen) atoms. The molecule has 1 unspecified atom stereocenters. The van der Waals surface area contributed by atoms with Gasteiger partial charge in [0.15, 0.2) is 5.13 Å². The first kappa shape index (κ1) is 21.6. The van der Waals surface area contributed by atoms with Gasteiger partial charge in [-0.25, -0.2) is 4.98 Å². The number of anilines is 2. The molecule has 7 heteroatoms. The zero-order chi connectivity index (χ0) is 22.8. The molecule has 0 radical (unpaired) electrons. The van der Waals surface area contributed by atoms with E-state index in [-0.39, 0.29) is 17.7 Å².